The van der Waals surface area contributed by atoms with Gasteiger partial charge in [-0.2, -0.15) is 0 Å². The first-order valence-corrected chi connectivity index (χ1v) is 23.2. The number of hydrogen-bond acceptors (Lipinski definition) is 19. The molecule has 28 heteroatoms. The Kier molecular flexibility index (Phi) is 25.3. The quantitative estimate of drug-likeness (QED) is 0.0231. The molecule has 392 valence electrons. The van der Waals surface area contributed by atoms with Crippen molar-refractivity contribution in [3.8, 4) is 5.75 Å². The summed E-state index contributed by atoms with van der Waals surface area (Å²) in [6.07, 6.45) is 2.47. The molecule has 5 amide bonds. The van der Waals surface area contributed by atoms with E-state index in [9.17, 15) is 63.7 Å². The highest BCUT2D eigenvalue weighted by molar-refractivity contribution is 6.43. The number of carbonyl (C=O) groups is 8. The lowest BCUT2D eigenvalue weighted by Crippen LogP contribution is -2.51. The number of likely N-dealkylation sites (tertiary alicyclic amines) is 1. The third kappa shape index (κ3) is 22.2. The largest absolute Gasteiger partial charge is 0.484 e. The Morgan fingerprint density at radius 1 is 0.634 bits per heavy atom. The zero-order valence-electron chi connectivity index (χ0n) is 39.5. The molecule has 2 saturated heterocycles. The van der Waals surface area contributed by atoms with Crippen LogP contribution in [0.2, 0.25) is 0 Å². The molecule has 3 heterocycles. The molecule has 1 aromatic carbocycles. The summed E-state index contributed by atoms with van der Waals surface area (Å²) in [6.45, 7) is 1.98. The lowest BCUT2D eigenvalue weighted by Gasteiger charge is -2.32. The number of pyridine rings is 1. The van der Waals surface area contributed by atoms with Crippen molar-refractivity contribution in [1.82, 2.24) is 51.0 Å². The number of nitrogens with zero attached hydrogens (tertiary/aromatic N) is 6. The molecule has 1 aromatic heterocycles. The first-order valence-electron chi connectivity index (χ1n) is 23.2. The highest BCUT2D eigenvalue weighted by Gasteiger charge is 2.36. The van der Waals surface area contributed by atoms with Gasteiger partial charge >= 0.3 is 25.0 Å². The zero-order valence-corrected chi connectivity index (χ0v) is 39.5. The maximum absolute atomic E-state index is 13.0. The number of amides is 5. The molecule has 1 atom stereocenters. The van der Waals surface area contributed by atoms with Crippen LogP contribution >= 0.6 is 0 Å². The highest BCUT2D eigenvalue weighted by atomic mass is 16.5. The lowest BCUT2D eigenvalue weighted by molar-refractivity contribution is -0.140. The predicted octanol–water partition coefficient (Wildman–Crippen LogP) is -4.47. The van der Waals surface area contributed by atoms with Crippen molar-refractivity contribution in [2.75, 3.05) is 144 Å². The van der Waals surface area contributed by atoms with E-state index in [1.807, 2.05) is 0 Å². The maximum atomic E-state index is 13.0. The normalized spacial score (nSPS) is 16.6. The number of hydrogen-bond donors (Lipinski definition) is 9. The number of aromatic nitrogens is 1. The minimum absolute atomic E-state index is 0.0441. The number of carboxylic acids is 3. The van der Waals surface area contributed by atoms with Crippen LogP contribution in [0.15, 0.2) is 30.5 Å². The van der Waals surface area contributed by atoms with Gasteiger partial charge in [0.2, 0.25) is 11.8 Å². The van der Waals surface area contributed by atoms with Crippen LogP contribution < -0.4 is 26.2 Å². The van der Waals surface area contributed by atoms with E-state index in [0.717, 1.165) is 0 Å². The van der Waals surface area contributed by atoms with E-state index in [1.54, 1.807) is 37.8 Å². The molecular weight excluding hydrogens is 939 g/mol. The van der Waals surface area contributed by atoms with E-state index < -0.39 is 60.5 Å². The van der Waals surface area contributed by atoms with Crippen molar-refractivity contribution in [1.29, 1.82) is 0 Å². The van der Waals surface area contributed by atoms with E-state index in [4.69, 9.17) is 18.9 Å². The number of ether oxygens (including phenoxy) is 4. The Bertz CT molecular complexity index is 2060. The second-order valence-electron chi connectivity index (χ2n) is 16.5. The molecule has 0 radical (unpaired) electrons. The van der Waals surface area contributed by atoms with Gasteiger partial charge in [-0.3, -0.25) is 73.8 Å². The van der Waals surface area contributed by atoms with Gasteiger partial charge in [0.25, 0.3) is 17.7 Å². The van der Waals surface area contributed by atoms with Gasteiger partial charge in [-0.15, -0.1) is 0 Å². The van der Waals surface area contributed by atoms with Crippen LogP contribution in [0.25, 0.3) is 10.9 Å². The fraction of sp³-hybridized carbons (Fsp3) is 0.605. The summed E-state index contributed by atoms with van der Waals surface area (Å²) in [5.41, 5.74) is 5.38. The summed E-state index contributed by atoms with van der Waals surface area (Å²) in [6, 6.07) is 6.30. The molecule has 0 unspecified atom stereocenters. The molecule has 0 aliphatic carbocycles. The number of carbonyl (C=O) groups excluding carboxylic acids is 5. The van der Waals surface area contributed by atoms with Gasteiger partial charge in [-0.25, -0.2) is 0 Å². The molecule has 71 heavy (non-hydrogen) atoms. The minimum Gasteiger partial charge on any atom is -0.484 e. The number of carboxylic acid groups (broad SMARTS) is 3. The highest BCUT2D eigenvalue weighted by Crippen LogP contribution is 2.23. The summed E-state index contributed by atoms with van der Waals surface area (Å²) in [7, 11) is -1.65. The van der Waals surface area contributed by atoms with Gasteiger partial charge in [0.15, 0.2) is 6.61 Å². The molecule has 0 spiro atoms. The van der Waals surface area contributed by atoms with Gasteiger partial charge in [-0.05, 0) is 31.0 Å². The van der Waals surface area contributed by atoms with Crippen molar-refractivity contribution >= 4 is 65.5 Å². The Morgan fingerprint density at radius 3 is 1.73 bits per heavy atom. The minimum atomic E-state index is -1.65. The summed E-state index contributed by atoms with van der Waals surface area (Å²) in [5, 5.41) is 53.0. The van der Waals surface area contributed by atoms with Gasteiger partial charge < -0.3 is 59.8 Å². The number of hydrazine groups is 1. The number of benzene rings is 1. The average molecular weight is 1000 g/mol. The second kappa shape index (κ2) is 31.3. The first kappa shape index (κ1) is 57.5. The summed E-state index contributed by atoms with van der Waals surface area (Å²) in [4.78, 5) is 110. The Morgan fingerprint density at radius 2 is 1.17 bits per heavy atom. The monoisotopic (exact) mass is 1000 g/mol. The molecule has 4 rings (SSSR count). The first-order chi connectivity index (χ1) is 34.1. The molecule has 2 fully saturated rings. The topological polar surface area (TPSA) is 352 Å². The summed E-state index contributed by atoms with van der Waals surface area (Å²) in [5.74, 6) is -5.94. The molecule has 27 nitrogen and oxygen atoms in total. The second-order valence-corrected chi connectivity index (χ2v) is 16.5. The molecule has 2 aromatic rings. The van der Waals surface area contributed by atoms with E-state index in [1.165, 1.54) is 17.2 Å². The van der Waals surface area contributed by atoms with Crippen LogP contribution in [0.1, 0.15) is 29.6 Å². The summed E-state index contributed by atoms with van der Waals surface area (Å²) >= 11 is 0. The Labute approximate surface area is 409 Å². The van der Waals surface area contributed by atoms with Gasteiger partial charge in [-0.1, -0.05) is 0 Å². The smallest absolute Gasteiger partial charge is 0.475 e. The van der Waals surface area contributed by atoms with Gasteiger partial charge in [0.1, 0.15) is 5.75 Å². The van der Waals surface area contributed by atoms with Crippen molar-refractivity contribution in [3.05, 3.63) is 36.0 Å². The lowest BCUT2D eigenvalue weighted by atomic mass is 9.78. The standard InChI is InChI=1S/C43H65BN10O17/c55-36(48-49-37(56)26-50-10-12-51(27-40(59)60)14-16-53(29-42(63)64)17-15-52(13-11-50)28-41(61)62)6-18-68-20-22-70-23-21-69-19-8-46-38(57)30-71-31-3-4-32-33(5-7-45-34(32)24-31)43(65)47-25-39(58)54-9-1-2-35(54)44(66)67/h3-5,7,24,35,66-67H,1-2,6,8-23,25-30H2,(H,46,57)(H,47,65)(H,48,55)(H,49,56)(H,59,60)(H,61,62)(H,63,64)/t35-/m0/s1. The molecule has 0 bridgehead atoms. The predicted molar refractivity (Wildman–Crippen MR) is 250 cm³/mol. The van der Waals surface area contributed by atoms with E-state index in [0.29, 0.717) is 36.0 Å². The van der Waals surface area contributed by atoms with Crippen LogP contribution in [0.5, 0.6) is 5.75 Å². The van der Waals surface area contributed by atoms with Crippen molar-refractivity contribution < 1.29 is 82.7 Å². The summed E-state index contributed by atoms with van der Waals surface area (Å²) < 4.78 is 22.0. The number of fused-ring (bicyclic) bond motifs is 1. The molecule has 2 aliphatic heterocycles. The Balaban J connectivity index is 1.02. The zero-order chi connectivity index (χ0) is 51.5. The van der Waals surface area contributed by atoms with Crippen LogP contribution in [0.4, 0.5) is 0 Å². The molecule has 0 saturated carbocycles. The van der Waals surface area contributed by atoms with E-state index >= 15 is 0 Å². The molecular formula is C43H65BN10O17. The van der Waals surface area contributed by atoms with Crippen LogP contribution in [-0.2, 0) is 47.8 Å². The van der Waals surface area contributed by atoms with Crippen molar-refractivity contribution in [2.24, 2.45) is 0 Å². The van der Waals surface area contributed by atoms with Crippen LogP contribution in [-0.4, -0.2) is 260 Å². The van der Waals surface area contributed by atoms with Gasteiger partial charge in [0, 0.05) is 83.1 Å². The Hall–Kier alpha value is -6.11. The number of rotatable bonds is 27. The molecule has 2 aliphatic rings. The third-order valence-electron chi connectivity index (χ3n) is 11.2. The SMILES string of the molecule is O=C(O)CN1CCN(CC(=O)O)CCN(CC(=O)NNC(=O)CCOCCOCCOCCNC(=O)COc2ccc3c(C(=O)NCC(=O)N4CCC[C@H]4B(O)O)ccnc3c2)CCN(CC(=O)O)CC1. The van der Waals surface area contributed by atoms with E-state index in [2.05, 4.69) is 26.5 Å². The van der Waals surface area contributed by atoms with Crippen LogP contribution in [0, 0.1) is 0 Å². The third-order valence-corrected chi connectivity index (χ3v) is 11.2. The fourth-order valence-electron chi connectivity index (χ4n) is 7.58. The van der Waals surface area contributed by atoms with Crippen LogP contribution in [0.3, 0.4) is 0 Å². The van der Waals surface area contributed by atoms with Crippen molar-refractivity contribution in [3.63, 3.8) is 0 Å². The fourth-order valence-corrected chi connectivity index (χ4v) is 7.58. The van der Waals surface area contributed by atoms with E-state index in [-0.39, 0.29) is 150 Å². The maximum Gasteiger partial charge on any atom is 0.475 e. The average Bonchev–Trinajstić information content (AvgIpc) is 3.83. The molecule has 9 N–H and O–H groups in total. The van der Waals surface area contributed by atoms with Gasteiger partial charge in [0.05, 0.1) is 95.8 Å². The van der Waals surface area contributed by atoms with Crippen molar-refractivity contribution in [2.45, 2.75) is 25.2 Å². The number of aliphatic carboxylic acids is 3. The number of nitrogens with one attached hydrogen (secondary N) is 4.